The van der Waals surface area contributed by atoms with Gasteiger partial charge in [0.15, 0.2) is 0 Å². The van der Waals surface area contributed by atoms with Crippen molar-refractivity contribution in [1.82, 2.24) is 0 Å². The Morgan fingerprint density at radius 1 is 1.06 bits per heavy atom. The normalized spacial score (nSPS) is 47.2. The van der Waals surface area contributed by atoms with Crippen molar-refractivity contribution in [2.45, 2.75) is 97.2 Å². The predicted octanol–water partition coefficient (Wildman–Crippen LogP) is 4.59. The lowest BCUT2D eigenvalue weighted by Gasteiger charge is -2.63. The van der Waals surface area contributed by atoms with Crippen molar-refractivity contribution in [3.63, 3.8) is 0 Å². The van der Waals surface area contributed by atoms with Crippen LogP contribution in [0.1, 0.15) is 85.0 Å². The van der Waals surface area contributed by atoms with Gasteiger partial charge < -0.3 is 20.0 Å². The maximum Gasteiger partial charge on any atom is 0.469 e. The van der Waals surface area contributed by atoms with Gasteiger partial charge in [0.05, 0.1) is 12.2 Å². The summed E-state index contributed by atoms with van der Waals surface area (Å²) < 4.78 is 17.5. The summed E-state index contributed by atoms with van der Waals surface area (Å²) in [5.41, 5.74) is 0.125. The Hall–Kier alpha value is -0.460. The molecular weight excluding hydrogens is 431 g/mol. The fraction of sp³-hybridized carbons (Fsp3) is 0.958. The maximum absolute atomic E-state index is 11.9. The van der Waals surface area contributed by atoms with Crippen LogP contribution in [0.4, 0.5) is 0 Å². The molecule has 4 unspecified atom stereocenters. The molecule has 4 aliphatic carbocycles. The molecule has 0 amide bonds. The fourth-order valence-electron chi connectivity index (χ4n) is 8.99. The highest BCUT2D eigenvalue weighted by atomic mass is 31.2. The molecule has 4 N–H and O–H groups in total. The molecule has 0 aromatic heterocycles. The lowest BCUT2D eigenvalue weighted by molar-refractivity contribution is -0.171. The van der Waals surface area contributed by atoms with Crippen molar-refractivity contribution >= 4 is 13.8 Å². The summed E-state index contributed by atoms with van der Waals surface area (Å²) in [6, 6.07) is 0. The molecule has 7 nitrogen and oxygen atoms in total. The van der Waals surface area contributed by atoms with Crippen LogP contribution in [0.3, 0.4) is 0 Å². The Morgan fingerprint density at radius 3 is 2.38 bits per heavy atom. The van der Waals surface area contributed by atoms with Gasteiger partial charge in [-0.05, 0) is 104 Å². The van der Waals surface area contributed by atoms with Gasteiger partial charge in [-0.25, -0.2) is 4.57 Å². The van der Waals surface area contributed by atoms with E-state index in [0.717, 1.165) is 38.5 Å². The molecule has 0 saturated heterocycles. The van der Waals surface area contributed by atoms with E-state index in [4.69, 9.17) is 9.63 Å². The molecule has 0 spiro atoms. The summed E-state index contributed by atoms with van der Waals surface area (Å²) in [5.74, 6) is 1.00. The zero-order chi connectivity index (χ0) is 23.5. The van der Waals surface area contributed by atoms with Gasteiger partial charge in [-0.1, -0.05) is 20.8 Å². The first-order valence-corrected chi connectivity index (χ1v) is 14.0. The van der Waals surface area contributed by atoms with Crippen LogP contribution in [0.25, 0.3) is 0 Å². The van der Waals surface area contributed by atoms with Gasteiger partial charge in [0.2, 0.25) is 0 Å². The molecule has 10 atom stereocenters. The monoisotopic (exact) mass is 472 g/mol. The van der Waals surface area contributed by atoms with Gasteiger partial charge in [0.25, 0.3) is 0 Å². The Balaban J connectivity index is 1.64. The van der Waals surface area contributed by atoms with Gasteiger partial charge in [-0.3, -0.25) is 9.32 Å². The molecule has 4 saturated carbocycles. The van der Waals surface area contributed by atoms with Crippen molar-refractivity contribution in [1.29, 1.82) is 0 Å². The topological polar surface area (TPSA) is 124 Å². The molecule has 0 bridgehead atoms. The van der Waals surface area contributed by atoms with Crippen LogP contribution in [0.2, 0.25) is 0 Å². The molecule has 4 fully saturated rings. The van der Waals surface area contributed by atoms with E-state index < -0.39 is 19.9 Å². The summed E-state index contributed by atoms with van der Waals surface area (Å²) in [7, 11) is -4.62. The molecule has 184 valence electrons. The molecule has 0 heterocycles. The summed E-state index contributed by atoms with van der Waals surface area (Å²) in [6.07, 6.45) is 7.27. The van der Waals surface area contributed by atoms with Crippen molar-refractivity contribution < 1.29 is 33.9 Å². The van der Waals surface area contributed by atoms with Crippen LogP contribution in [0, 0.1) is 46.3 Å². The van der Waals surface area contributed by atoms with Gasteiger partial charge in [0.1, 0.15) is 0 Å². The van der Waals surface area contributed by atoms with Gasteiger partial charge in [0, 0.05) is 6.42 Å². The Labute approximate surface area is 191 Å². The highest BCUT2D eigenvalue weighted by Gasteiger charge is 2.63. The van der Waals surface area contributed by atoms with Crippen molar-refractivity contribution in [2.24, 2.45) is 46.3 Å². The number of aliphatic carboxylic acids is 1. The average Bonchev–Trinajstić information content (AvgIpc) is 3.03. The lowest BCUT2D eigenvalue weighted by Crippen LogP contribution is -2.59. The van der Waals surface area contributed by atoms with Crippen LogP contribution in [-0.4, -0.2) is 38.2 Å². The second-order valence-corrected chi connectivity index (χ2v) is 13.1. The number of aliphatic hydroxyl groups excluding tert-OH is 1. The molecule has 0 aromatic carbocycles. The average molecular weight is 473 g/mol. The van der Waals surface area contributed by atoms with Crippen molar-refractivity contribution in [3.05, 3.63) is 0 Å². The quantitative estimate of drug-likeness (QED) is 0.417. The molecule has 8 heteroatoms. The predicted molar refractivity (Wildman–Crippen MR) is 120 cm³/mol. The second-order valence-electron chi connectivity index (χ2n) is 11.9. The summed E-state index contributed by atoms with van der Waals surface area (Å²) in [5, 5.41) is 19.5. The van der Waals surface area contributed by atoms with E-state index >= 15 is 0 Å². The SMILES string of the molecule is C[C@H](CCC(=O)O)[C@H]1CC[C@H]2C3[C@H](OP(=O)(O)O)CC4C[C@H](O)CCC4(C)[C@H]3CCC12C. The smallest absolute Gasteiger partial charge is 0.469 e. The zero-order valence-electron chi connectivity index (χ0n) is 19.7. The molecule has 0 radical (unpaired) electrons. The number of fused-ring (bicyclic) bond motifs is 5. The first kappa shape index (κ1) is 24.7. The second kappa shape index (κ2) is 8.64. The molecule has 32 heavy (non-hydrogen) atoms. The number of carbonyl (C=O) groups is 1. The molecule has 0 aromatic rings. The lowest BCUT2D eigenvalue weighted by atomic mass is 9.43. The molecule has 4 rings (SSSR count). The van der Waals surface area contributed by atoms with Gasteiger partial charge in [-0.15, -0.1) is 0 Å². The standard InChI is InChI=1S/C24H41O7P/c1-14(4-7-21(26)27)17-5-6-18-22-19(9-11-24(17,18)3)23(2)10-8-16(25)12-15(23)13-20(22)31-32(28,29)30/h14-20,22,25H,4-13H2,1-3H3,(H,26,27)(H2,28,29,30)/t14-,15?,16-,17-,18+,19+,20-,22?,23?,24?/m1/s1. The van der Waals surface area contributed by atoms with Gasteiger partial charge in [-0.2, -0.15) is 0 Å². The van der Waals surface area contributed by atoms with Crippen LogP contribution in [0.5, 0.6) is 0 Å². The summed E-state index contributed by atoms with van der Waals surface area (Å²) >= 11 is 0. The number of phosphoric ester groups is 1. The third kappa shape index (κ3) is 4.33. The first-order valence-electron chi connectivity index (χ1n) is 12.5. The van der Waals surface area contributed by atoms with Crippen LogP contribution in [0.15, 0.2) is 0 Å². The number of hydrogen-bond donors (Lipinski definition) is 4. The fourth-order valence-corrected chi connectivity index (χ4v) is 9.57. The highest BCUT2D eigenvalue weighted by Crippen LogP contribution is 2.69. The van der Waals surface area contributed by atoms with Gasteiger partial charge >= 0.3 is 13.8 Å². The van der Waals surface area contributed by atoms with E-state index in [1.165, 1.54) is 0 Å². The third-order valence-corrected chi connectivity index (χ3v) is 11.0. The Morgan fingerprint density at radius 2 is 1.72 bits per heavy atom. The zero-order valence-corrected chi connectivity index (χ0v) is 20.5. The van der Waals surface area contributed by atoms with Crippen molar-refractivity contribution in [3.8, 4) is 0 Å². The highest BCUT2D eigenvalue weighted by molar-refractivity contribution is 7.46. The minimum absolute atomic E-state index is 0.0486. The Kier molecular flexibility index (Phi) is 6.66. The number of carboxylic acid groups (broad SMARTS) is 1. The number of carboxylic acids is 1. The molecular formula is C24H41O7P. The number of aliphatic hydroxyl groups is 1. The van der Waals surface area contributed by atoms with E-state index in [9.17, 15) is 24.3 Å². The summed E-state index contributed by atoms with van der Waals surface area (Å²) in [4.78, 5) is 30.6. The number of phosphoric acid groups is 1. The van der Waals surface area contributed by atoms with Crippen LogP contribution < -0.4 is 0 Å². The first-order chi connectivity index (χ1) is 14.8. The molecule has 4 aliphatic rings. The van der Waals surface area contributed by atoms with Crippen molar-refractivity contribution in [2.75, 3.05) is 0 Å². The van der Waals surface area contributed by atoms with Crippen LogP contribution in [-0.2, 0) is 13.9 Å². The van der Waals surface area contributed by atoms with E-state index in [1.54, 1.807) is 0 Å². The maximum atomic E-state index is 11.9. The number of hydrogen-bond acceptors (Lipinski definition) is 4. The minimum atomic E-state index is -4.62. The minimum Gasteiger partial charge on any atom is -0.481 e. The third-order valence-electron chi connectivity index (χ3n) is 10.5. The number of rotatable bonds is 6. The molecule has 0 aliphatic heterocycles. The van der Waals surface area contributed by atoms with E-state index in [2.05, 4.69) is 20.8 Å². The Bertz CT molecular complexity index is 767. The summed E-state index contributed by atoms with van der Waals surface area (Å²) in [6.45, 7) is 6.87. The van der Waals surface area contributed by atoms with E-state index in [1.807, 2.05) is 0 Å². The van der Waals surface area contributed by atoms with Crippen LogP contribution >= 0.6 is 7.82 Å². The van der Waals surface area contributed by atoms with E-state index in [0.29, 0.717) is 42.9 Å². The van der Waals surface area contributed by atoms with E-state index in [-0.39, 0.29) is 35.2 Å². The largest absolute Gasteiger partial charge is 0.481 e.